The molecule has 0 fully saturated rings. The van der Waals surface area contributed by atoms with Crippen LogP contribution in [0.2, 0.25) is 0 Å². The van der Waals surface area contributed by atoms with Gasteiger partial charge in [0.2, 0.25) is 5.91 Å². The van der Waals surface area contributed by atoms with Crippen molar-refractivity contribution in [3.63, 3.8) is 0 Å². The summed E-state index contributed by atoms with van der Waals surface area (Å²) in [6, 6.07) is 1.73. The molecule has 0 aromatic carbocycles. The predicted octanol–water partition coefficient (Wildman–Crippen LogP) is 0.0540. The second kappa shape index (κ2) is 3.92. The zero-order chi connectivity index (χ0) is 8.10. The average molecular weight is 169 g/mol. The summed E-state index contributed by atoms with van der Waals surface area (Å²) in [5, 5.41) is 0.763. The molecular formula is C6H7N3OS. The number of amides is 1. The third kappa shape index (κ3) is 2.99. The van der Waals surface area contributed by atoms with Crippen LogP contribution in [0.15, 0.2) is 23.6 Å². The topological polar surface area (TPSA) is 68.9 Å². The largest absolute Gasteiger partial charge is 0.369 e. The van der Waals surface area contributed by atoms with E-state index in [0.29, 0.717) is 0 Å². The molecule has 1 amide bonds. The van der Waals surface area contributed by atoms with Crippen LogP contribution in [0, 0.1) is 0 Å². The maximum absolute atomic E-state index is 10.3. The minimum Gasteiger partial charge on any atom is -0.369 e. The molecule has 1 rings (SSSR count). The fourth-order valence-corrected chi connectivity index (χ4v) is 1.08. The molecule has 0 unspecified atom stereocenters. The molecule has 11 heavy (non-hydrogen) atoms. The van der Waals surface area contributed by atoms with Crippen LogP contribution in [0.25, 0.3) is 0 Å². The molecule has 0 aliphatic rings. The van der Waals surface area contributed by atoms with E-state index >= 15 is 0 Å². The molecule has 0 saturated carbocycles. The standard InChI is InChI=1S/C6H7N3OS/c7-5(10)3-11-6-1-2-8-4-9-6/h1-2,4H,3H2,(H2,7,10). The van der Waals surface area contributed by atoms with E-state index < -0.39 is 0 Å². The molecule has 0 aliphatic carbocycles. The van der Waals surface area contributed by atoms with Crippen molar-refractivity contribution in [3.8, 4) is 0 Å². The van der Waals surface area contributed by atoms with Gasteiger partial charge in [0, 0.05) is 6.20 Å². The van der Waals surface area contributed by atoms with Crippen molar-refractivity contribution in [1.82, 2.24) is 9.97 Å². The molecule has 0 aliphatic heterocycles. The maximum atomic E-state index is 10.3. The van der Waals surface area contributed by atoms with Crippen molar-refractivity contribution in [3.05, 3.63) is 18.6 Å². The minimum absolute atomic E-state index is 0.261. The van der Waals surface area contributed by atoms with E-state index in [0.717, 1.165) is 5.03 Å². The molecule has 58 valence electrons. The van der Waals surface area contributed by atoms with Gasteiger partial charge in [-0.15, -0.1) is 0 Å². The molecule has 1 heterocycles. The molecule has 1 aromatic rings. The number of nitrogens with zero attached hydrogens (tertiary/aromatic N) is 2. The maximum Gasteiger partial charge on any atom is 0.227 e. The second-order valence-corrected chi connectivity index (χ2v) is 2.80. The Kier molecular flexibility index (Phi) is 2.85. The summed E-state index contributed by atoms with van der Waals surface area (Å²) >= 11 is 1.30. The first-order valence-corrected chi connectivity index (χ1v) is 3.94. The lowest BCUT2D eigenvalue weighted by Gasteiger charge is -1.94. The smallest absolute Gasteiger partial charge is 0.227 e. The third-order valence-corrected chi connectivity index (χ3v) is 1.88. The summed E-state index contributed by atoms with van der Waals surface area (Å²) in [7, 11) is 0. The lowest BCUT2D eigenvalue weighted by atomic mass is 10.7. The Morgan fingerprint density at radius 2 is 2.55 bits per heavy atom. The van der Waals surface area contributed by atoms with Gasteiger partial charge >= 0.3 is 0 Å². The van der Waals surface area contributed by atoms with E-state index in [2.05, 4.69) is 9.97 Å². The van der Waals surface area contributed by atoms with Crippen LogP contribution in [-0.2, 0) is 4.79 Å². The lowest BCUT2D eigenvalue weighted by Crippen LogP contribution is -2.13. The molecule has 0 spiro atoms. The number of aromatic nitrogens is 2. The van der Waals surface area contributed by atoms with Crippen LogP contribution in [-0.4, -0.2) is 21.6 Å². The normalized spacial score (nSPS) is 9.45. The minimum atomic E-state index is -0.339. The SMILES string of the molecule is NC(=O)CSc1ccncn1. The van der Waals surface area contributed by atoms with Gasteiger partial charge in [0.05, 0.1) is 10.8 Å². The summed E-state index contributed by atoms with van der Waals surface area (Å²) in [6.45, 7) is 0. The molecular weight excluding hydrogens is 162 g/mol. The predicted molar refractivity (Wildman–Crippen MR) is 42.0 cm³/mol. The number of carbonyl (C=O) groups is 1. The van der Waals surface area contributed by atoms with Gasteiger partial charge in [-0.3, -0.25) is 4.79 Å². The zero-order valence-corrected chi connectivity index (χ0v) is 6.54. The van der Waals surface area contributed by atoms with Crippen LogP contribution in [0.5, 0.6) is 0 Å². The number of hydrogen-bond donors (Lipinski definition) is 1. The highest BCUT2D eigenvalue weighted by atomic mass is 32.2. The van der Waals surface area contributed by atoms with Crippen molar-refractivity contribution in [2.24, 2.45) is 5.73 Å². The van der Waals surface area contributed by atoms with E-state index in [1.54, 1.807) is 12.3 Å². The van der Waals surface area contributed by atoms with Crippen LogP contribution in [0.1, 0.15) is 0 Å². The van der Waals surface area contributed by atoms with Gasteiger partial charge in [0.25, 0.3) is 0 Å². The molecule has 0 atom stereocenters. The van der Waals surface area contributed by atoms with Gasteiger partial charge in [-0.05, 0) is 6.07 Å². The van der Waals surface area contributed by atoms with Gasteiger partial charge in [-0.1, -0.05) is 11.8 Å². The average Bonchev–Trinajstić information content (AvgIpc) is 2.03. The number of rotatable bonds is 3. The second-order valence-electron chi connectivity index (χ2n) is 1.80. The monoisotopic (exact) mass is 169 g/mol. The van der Waals surface area contributed by atoms with Crippen LogP contribution in [0.3, 0.4) is 0 Å². The Morgan fingerprint density at radius 1 is 1.73 bits per heavy atom. The third-order valence-electron chi connectivity index (χ3n) is 0.917. The van der Waals surface area contributed by atoms with E-state index in [1.165, 1.54) is 18.1 Å². The summed E-state index contributed by atoms with van der Waals surface area (Å²) in [5.74, 6) is -0.0783. The Morgan fingerprint density at radius 3 is 3.09 bits per heavy atom. The van der Waals surface area contributed by atoms with E-state index in [9.17, 15) is 4.79 Å². The van der Waals surface area contributed by atoms with E-state index in [4.69, 9.17) is 5.73 Å². The number of primary amides is 1. The first kappa shape index (κ1) is 8.00. The van der Waals surface area contributed by atoms with Gasteiger partial charge in [0.1, 0.15) is 6.33 Å². The summed E-state index contributed by atoms with van der Waals surface area (Å²) < 4.78 is 0. The Bertz CT molecular complexity index is 239. The number of hydrogen-bond acceptors (Lipinski definition) is 4. The number of carbonyl (C=O) groups excluding carboxylic acids is 1. The summed E-state index contributed by atoms with van der Waals surface area (Å²) in [6.07, 6.45) is 3.06. The summed E-state index contributed by atoms with van der Waals surface area (Å²) in [5.41, 5.74) is 4.94. The molecule has 0 radical (unpaired) electrons. The number of nitrogens with two attached hydrogens (primary N) is 1. The van der Waals surface area contributed by atoms with E-state index in [-0.39, 0.29) is 11.7 Å². The molecule has 5 heteroatoms. The van der Waals surface area contributed by atoms with Gasteiger partial charge in [-0.25, -0.2) is 9.97 Å². The van der Waals surface area contributed by atoms with Gasteiger partial charge in [0.15, 0.2) is 0 Å². The fourth-order valence-electron chi connectivity index (χ4n) is 0.509. The molecule has 0 bridgehead atoms. The quantitative estimate of drug-likeness (QED) is 0.513. The van der Waals surface area contributed by atoms with Crippen molar-refractivity contribution >= 4 is 17.7 Å². The first-order chi connectivity index (χ1) is 5.29. The molecule has 2 N–H and O–H groups in total. The molecule has 4 nitrogen and oxygen atoms in total. The highest BCUT2D eigenvalue weighted by Gasteiger charge is 1.96. The van der Waals surface area contributed by atoms with Crippen molar-refractivity contribution < 1.29 is 4.79 Å². The first-order valence-electron chi connectivity index (χ1n) is 2.96. The highest BCUT2D eigenvalue weighted by Crippen LogP contribution is 2.11. The van der Waals surface area contributed by atoms with Gasteiger partial charge < -0.3 is 5.73 Å². The van der Waals surface area contributed by atoms with Crippen LogP contribution < -0.4 is 5.73 Å². The van der Waals surface area contributed by atoms with Crippen molar-refractivity contribution in [1.29, 1.82) is 0 Å². The molecule has 0 saturated heterocycles. The lowest BCUT2D eigenvalue weighted by molar-refractivity contribution is -0.115. The van der Waals surface area contributed by atoms with Gasteiger partial charge in [-0.2, -0.15) is 0 Å². The zero-order valence-electron chi connectivity index (χ0n) is 5.73. The Hall–Kier alpha value is -1.10. The van der Waals surface area contributed by atoms with Crippen molar-refractivity contribution in [2.45, 2.75) is 5.03 Å². The number of thioether (sulfide) groups is 1. The summed E-state index contributed by atoms with van der Waals surface area (Å²) in [4.78, 5) is 18.0. The highest BCUT2D eigenvalue weighted by molar-refractivity contribution is 7.99. The molecule has 1 aromatic heterocycles. The Balaban J connectivity index is 2.45. The van der Waals surface area contributed by atoms with E-state index in [1.807, 2.05) is 0 Å². The van der Waals surface area contributed by atoms with Crippen LogP contribution >= 0.6 is 11.8 Å². The fraction of sp³-hybridized carbons (Fsp3) is 0.167. The Labute approximate surface area is 68.2 Å². The van der Waals surface area contributed by atoms with Crippen molar-refractivity contribution in [2.75, 3.05) is 5.75 Å². The van der Waals surface area contributed by atoms with Crippen LogP contribution in [0.4, 0.5) is 0 Å².